The smallest absolute Gasteiger partial charge is 0.343 e. The summed E-state index contributed by atoms with van der Waals surface area (Å²) in [6, 6.07) is 0. The third kappa shape index (κ3) is 1.43. The molecule has 4 aliphatic heterocycles. The number of halogens is 1. The lowest BCUT2D eigenvalue weighted by atomic mass is 9.51. The molecular formula is C20H23FO10. The molecule has 170 valence electrons. The molecule has 4 saturated heterocycles. The second-order valence-electron chi connectivity index (χ2n) is 10.7. The van der Waals surface area contributed by atoms with Gasteiger partial charge in [-0.05, 0) is 12.3 Å². The van der Waals surface area contributed by atoms with Crippen LogP contribution in [0.5, 0.6) is 0 Å². The maximum Gasteiger partial charge on any atom is 0.343 e. The number of rotatable bonds is 0. The Labute approximate surface area is 175 Å². The zero-order valence-electron chi connectivity index (χ0n) is 17.2. The molecule has 3 N–H and O–H groups in total. The summed E-state index contributed by atoms with van der Waals surface area (Å²) in [7, 11) is 0. The molecule has 0 aromatic heterocycles. The number of ether oxygens (including phenoxy) is 4. The van der Waals surface area contributed by atoms with E-state index >= 15 is 4.39 Å². The van der Waals surface area contributed by atoms with E-state index in [-0.39, 0.29) is 0 Å². The van der Waals surface area contributed by atoms with Crippen molar-refractivity contribution in [3.63, 3.8) is 0 Å². The monoisotopic (exact) mass is 441 g/mol. The van der Waals surface area contributed by atoms with Crippen molar-refractivity contribution in [1.29, 1.82) is 0 Å². The number of esters is 3. The minimum Gasteiger partial charge on any atom is -0.456 e. The lowest BCUT2D eigenvalue weighted by Crippen LogP contribution is -2.67. The first kappa shape index (κ1) is 19.8. The molecule has 0 amide bonds. The Balaban J connectivity index is 1.75. The van der Waals surface area contributed by atoms with Gasteiger partial charge in [0.15, 0.2) is 17.8 Å². The van der Waals surface area contributed by atoms with Gasteiger partial charge in [0.2, 0.25) is 11.9 Å². The van der Waals surface area contributed by atoms with Crippen molar-refractivity contribution < 1.29 is 53.0 Å². The summed E-state index contributed by atoms with van der Waals surface area (Å²) in [6.45, 7) is 6.36. The molecule has 6 fully saturated rings. The van der Waals surface area contributed by atoms with Gasteiger partial charge in [-0.1, -0.05) is 20.8 Å². The molecule has 2 saturated carbocycles. The summed E-state index contributed by atoms with van der Waals surface area (Å²) < 4.78 is 38.1. The maximum atomic E-state index is 16.2. The Morgan fingerprint density at radius 3 is 2.26 bits per heavy atom. The number of fused-ring (bicyclic) bond motifs is 1. The van der Waals surface area contributed by atoms with Gasteiger partial charge in [-0.3, -0.25) is 4.79 Å². The van der Waals surface area contributed by atoms with Crippen LogP contribution in [0.1, 0.15) is 27.7 Å². The van der Waals surface area contributed by atoms with Crippen LogP contribution in [0.3, 0.4) is 0 Å². The molecule has 0 aromatic rings. The highest BCUT2D eigenvalue weighted by Crippen LogP contribution is 2.84. The highest BCUT2D eigenvalue weighted by atomic mass is 18.2. The first-order valence-corrected chi connectivity index (χ1v) is 10.3. The van der Waals surface area contributed by atoms with Gasteiger partial charge in [0.25, 0.3) is 0 Å². The van der Waals surface area contributed by atoms with E-state index in [2.05, 4.69) is 0 Å². The summed E-state index contributed by atoms with van der Waals surface area (Å²) >= 11 is 0. The molecule has 2 aliphatic carbocycles. The van der Waals surface area contributed by atoms with Crippen LogP contribution in [0.15, 0.2) is 0 Å². The molecule has 0 aromatic carbocycles. The van der Waals surface area contributed by atoms with Crippen molar-refractivity contribution in [3.05, 3.63) is 0 Å². The summed E-state index contributed by atoms with van der Waals surface area (Å²) in [4.78, 5) is 38.2. The van der Waals surface area contributed by atoms with E-state index < -0.39 is 94.1 Å². The number of carbonyl (C=O) groups excluding carboxylic acids is 3. The molecule has 0 bridgehead atoms. The summed E-state index contributed by atoms with van der Waals surface area (Å²) in [5.74, 6) is -5.65. The number of hydrogen-bond donors (Lipinski definition) is 3. The Bertz CT molecular complexity index is 962. The number of hydrogen-bond acceptors (Lipinski definition) is 10. The van der Waals surface area contributed by atoms with Crippen LogP contribution < -0.4 is 0 Å². The number of aliphatic hydroxyl groups is 3. The minimum absolute atomic E-state index is 0.874. The van der Waals surface area contributed by atoms with Gasteiger partial charge in [-0.25, -0.2) is 14.0 Å². The zero-order chi connectivity index (χ0) is 22.7. The number of aliphatic hydroxyl groups excluding tert-OH is 2. The van der Waals surface area contributed by atoms with Crippen LogP contribution in [-0.2, 0) is 33.3 Å². The lowest BCUT2D eigenvalue weighted by molar-refractivity contribution is -0.240. The molecular weight excluding hydrogens is 418 g/mol. The number of alkyl halides is 1. The average molecular weight is 441 g/mol. The lowest BCUT2D eigenvalue weighted by Gasteiger charge is -2.47. The molecule has 0 radical (unpaired) electrons. The molecule has 12 atom stereocenters. The fourth-order valence-corrected chi connectivity index (χ4v) is 8.19. The van der Waals surface area contributed by atoms with Crippen LogP contribution in [0.4, 0.5) is 4.39 Å². The Hall–Kier alpha value is -1.82. The fourth-order valence-electron chi connectivity index (χ4n) is 8.19. The van der Waals surface area contributed by atoms with Gasteiger partial charge in [0.1, 0.15) is 18.4 Å². The minimum atomic E-state index is -2.48. The van der Waals surface area contributed by atoms with Crippen LogP contribution in [-0.4, -0.2) is 81.3 Å². The van der Waals surface area contributed by atoms with Gasteiger partial charge in [-0.15, -0.1) is 0 Å². The highest BCUT2D eigenvalue weighted by Gasteiger charge is 3.05. The molecule has 10 nitrogen and oxygen atoms in total. The predicted molar refractivity (Wildman–Crippen MR) is 92.3 cm³/mol. The van der Waals surface area contributed by atoms with Crippen LogP contribution in [0.25, 0.3) is 0 Å². The van der Waals surface area contributed by atoms with Gasteiger partial charge in [0.05, 0.1) is 16.7 Å². The summed E-state index contributed by atoms with van der Waals surface area (Å²) in [5.41, 5.74) is -9.91. The van der Waals surface area contributed by atoms with E-state index in [0.29, 0.717) is 0 Å². The second kappa shape index (κ2) is 4.90. The Morgan fingerprint density at radius 2 is 1.65 bits per heavy atom. The fraction of sp³-hybridized carbons (Fsp3) is 0.850. The van der Waals surface area contributed by atoms with Crippen molar-refractivity contribution in [3.8, 4) is 0 Å². The van der Waals surface area contributed by atoms with E-state index in [4.69, 9.17) is 18.9 Å². The second-order valence-corrected chi connectivity index (χ2v) is 10.7. The summed E-state index contributed by atoms with van der Waals surface area (Å²) in [6.07, 6.45) is -10.7. The molecule has 11 heteroatoms. The summed E-state index contributed by atoms with van der Waals surface area (Å²) in [5, 5.41) is 34.5. The van der Waals surface area contributed by atoms with Gasteiger partial charge < -0.3 is 34.3 Å². The van der Waals surface area contributed by atoms with Crippen molar-refractivity contribution >= 4 is 17.9 Å². The number of carbonyl (C=O) groups is 3. The Morgan fingerprint density at radius 1 is 1.00 bits per heavy atom. The molecule has 31 heavy (non-hydrogen) atoms. The molecule has 4 heterocycles. The van der Waals surface area contributed by atoms with Crippen LogP contribution >= 0.6 is 0 Å². The molecule has 6 rings (SSSR count). The van der Waals surface area contributed by atoms with Crippen molar-refractivity contribution in [2.45, 2.75) is 75.8 Å². The van der Waals surface area contributed by atoms with Gasteiger partial charge >= 0.3 is 17.9 Å². The van der Waals surface area contributed by atoms with E-state index in [1.54, 1.807) is 20.8 Å². The van der Waals surface area contributed by atoms with Crippen LogP contribution in [0, 0.1) is 28.1 Å². The third-order valence-electron chi connectivity index (χ3n) is 8.91. The predicted octanol–water partition coefficient (Wildman–Crippen LogP) is -1.42. The van der Waals surface area contributed by atoms with Crippen molar-refractivity contribution in [2.24, 2.45) is 28.1 Å². The van der Waals surface area contributed by atoms with Crippen LogP contribution in [0.2, 0.25) is 0 Å². The van der Waals surface area contributed by atoms with E-state index in [1.807, 2.05) is 0 Å². The quantitative estimate of drug-likeness (QED) is 0.302. The first-order chi connectivity index (χ1) is 14.3. The standard InChI is InChI=1S/C20H23FO10/c1-5-12(24)28-11-8(22)18-10-6(21)7(16(2,3)4)17(18)9(23)13(25)30-15(17)31-20(18,14(26)29-10)19(5,11)27/h5-11,15,22-23,27H,1-4H3/t5-,6-,7+,8+,9+,10?,11?,15?,17?,18-,19-,20?/m1/s1/i21-1. The maximum absolute atomic E-state index is 16.2. The Kier molecular flexibility index (Phi) is 3.14. The van der Waals surface area contributed by atoms with Crippen molar-refractivity contribution in [1.82, 2.24) is 0 Å². The topological polar surface area (TPSA) is 149 Å². The molecule has 6 aliphatic rings. The van der Waals surface area contributed by atoms with Gasteiger partial charge in [-0.2, -0.15) is 0 Å². The average Bonchev–Trinajstić information content (AvgIpc) is 3.35. The highest BCUT2D eigenvalue weighted by molar-refractivity contribution is 5.94. The van der Waals surface area contributed by atoms with E-state index in [0.717, 1.165) is 0 Å². The largest absolute Gasteiger partial charge is 0.456 e. The van der Waals surface area contributed by atoms with Gasteiger partial charge in [0, 0.05) is 5.92 Å². The van der Waals surface area contributed by atoms with E-state index in [9.17, 15) is 29.7 Å². The van der Waals surface area contributed by atoms with E-state index in [1.165, 1.54) is 6.92 Å². The SMILES string of the molecule is C[C@@H]1C(=O)OC2[C@H](O)[C@]34C5OC(=O)C3(OC3OC(=O)[C@H](O)C34[C@H](C(C)(C)C)[C@H]5[18F])[C@]21O. The third-order valence-corrected chi connectivity index (χ3v) is 8.91. The van der Waals surface area contributed by atoms with Crippen molar-refractivity contribution in [2.75, 3.05) is 0 Å². The molecule has 5 unspecified atom stereocenters. The molecule has 2 spiro atoms. The zero-order valence-corrected chi connectivity index (χ0v) is 17.2. The normalized spacial score (nSPS) is 61.0. The first-order valence-electron chi connectivity index (χ1n) is 10.3.